The van der Waals surface area contributed by atoms with Gasteiger partial charge < -0.3 is 19.7 Å². The summed E-state index contributed by atoms with van der Waals surface area (Å²) in [7, 11) is 0. The van der Waals surface area contributed by atoms with Crippen LogP contribution in [0.15, 0.2) is 109 Å². The monoisotopic (exact) mass is 608 g/mol. The van der Waals surface area contributed by atoms with Gasteiger partial charge in [-0.3, -0.25) is 0 Å². The Bertz CT molecular complexity index is 1880. The van der Waals surface area contributed by atoms with E-state index < -0.39 is 5.60 Å². The van der Waals surface area contributed by atoms with Gasteiger partial charge in [-0.05, 0) is 85.5 Å². The maximum Gasteiger partial charge on any atom is 0.340 e. The van der Waals surface area contributed by atoms with Crippen molar-refractivity contribution in [1.82, 2.24) is 0 Å². The average Bonchev–Trinajstić information content (AvgIpc) is 3.38. The smallest absolute Gasteiger partial charge is 0.340 e. The number of esters is 1. The third-order valence-corrected chi connectivity index (χ3v) is 9.30. The summed E-state index contributed by atoms with van der Waals surface area (Å²) in [6.45, 7) is 7.39. The van der Waals surface area contributed by atoms with Gasteiger partial charge in [0.05, 0.1) is 5.56 Å². The van der Waals surface area contributed by atoms with Crippen molar-refractivity contribution in [1.29, 1.82) is 0 Å². The second-order valence-electron chi connectivity index (χ2n) is 12.3. The maximum atomic E-state index is 13.5. The molecule has 0 aliphatic carbocycles. The molecule has 1 atom stereocenters. The number of benzene rings is 5. The number of hydrogen-bond acceptors (Lipinski definition) is 5. The lowest BCUT2D eigenvalue weighted by molar-refractivity contribution is 0.0224. The van der Waals surface area contributed by atoms with Crippen LogP contribution in [0.5, 0.6) is 11.5 Å². The van der Waals surface area contributed by atoms with Crippen molar-refractivity contribution < 1.29 is 14.3 Å². The SMILES string of the molecule is CCCCCCN(c1ccc(CC)cc1)c1ccc2c(c1)Oc1cc(C)c(Nc3ccccc3)cc1C21OC(=O)c2ccccc21. The molecule has 1 unspecified atom stereocenters. The number of fused-ring (bicyclic) bond motifs is 6. The van der Waals surface area contributed by atoms with E-state index in [1.54, 1.807) is 0 Å². The number of aryl methyl sites for hydroxylation is 2. The maximum absolute atomic E-state index is 13.5. The Morgan fingerprint density at radius 3 is 2.24 bits per heavy atom. The summed E-state index contributed by atoms with van der Waals surface area (Å²) < 4.78 is 13.3. The second-order valence-corrected chi connectivity index (χ2v) is 12.3. The molecule has 2 aliphatic heterocycles. The minimum atomic E-state index is -1.13. The van der Waals surface area contributed by atoms with Crippen molar-refractivity contribution >= 4 is 28.7 Å². The van der Waals surface area contributed by atoms with Crippen molar-refractivity contribution in [3.8, 4) is 11.5 Å². The van der Waals surface area contributed by atoms with Crippen LogP contribution >= 0.6 is 0 Å². The third-order valence-electron chi connectivity index (χ3n) is 9.30. The zero-order valence-electron chi connectivity index (χ0n) is 26.8. The predicted molar refractivity (Wildman–Crippen MR) is 186 cm³/mol. The fourth-order valence-corrected chi connectivity index (χ4v) is 6.80. The van der Waals surface area contributed by atoms with Crippen LogP contribution in [0.25, 0.3) is 0 Å². The molecule has 46 heavy (non-hydrogen) atoms. The van der Waals surface area contributed by atoms with E-state index in [0.29, 0.717) is 17.1 Å². The lowest BCUT2D eigenvalue weighted by Crippen LogP contribution is -2.33. The highest BCUT2D eigenvalue weighted by Gasteiger charge is 2.53. The van der Waals surface area contributed by atoms with E-state index in [1.165, 1.54) is 24.8 Å². The zero-order valence-corrected chi connectivity index (χ0v) is 26.8. The summed E-state index contributed by atoms with van der Waals surface area (Å²) in [5.41, 5.74) is 8.38. The Balaban J connectivity index is 1.36. The summed E-state index contributed by atoms with van der Waals surface area (Å²) in [6, 6.07) is 37.2. The number of nitrogens with one attached hydrogen (secondary N) is 1. The Morgan fingerprint density at radius 2 is 1.46 bits per heavy atom. The van der Waals surface area contributed by atoms with Crippen LogP contribution in [-0.4, -0.2) is 12.5 Å². The minimum absolute atomic E-state index is 0.329. The van der Waals surface area contributed by atoms with E-state index in [9.17, 15) is 4.79 Å². The van der Waals surface area contributed by atoms with E-state index in [0.717, 1.165) is 64.4 Å². The largest absolute Gasteiger partial charge is 0.456 e. The molecule has 1 N–H and O–H groups in total. The quantitative estimate of drug-likeness (QED) is 0.126. The van der Waals surface area contributed by atoms with Gasteiger partial charge >= 0.3 is 5.97 Å². The second kappa shape index (κ2) is 12.4. The van der Waals surface area contributed by atoms with Gasteiger partial charge in [-0.25, -0.2) is 4.79 Å². The van der Waals surface area contributed by atoms with Crippen LogP contribution in [0.2, 0.25) is 0 Å². The third kappa shape index (κ3) is 5.20. The summed E-state index contributed by atoms with van der Waals surface area (Å²) in [5, 5.41) is 3.56. The number of carbonyl (C=O) groups is 1. The fourth-order valence-electron chi connectivity index (χ4n) is 6.80. The van der Waals surface area contributed by atoms with Crippen LogP contribution < -0.4 is 15.0 Å². The number of para-hydroxylation sites is 1. The lowest BCUT2D eigenvalue weighted by atomic mass is 9.77. The first-order chi connectivity index (χ1) is 22.5. The molecule has 232 valence electrons. The standard InChI is InChI=1S/C41H40N2O3/c1-4-6-7-13-24-43(31-20-18-29(5-2)19-21-31)32-22-23-35-39(26-32)45-38-25-28(3)37(42-30-14-9-8-10-15-30)27-36(38)41(35)34-17-12-11-16-33(34)40(44)46-41/h8-12,14-23,25-27,42H,4-7,13,24H2,1-3H3. The van der Waals surface area contributed by atoms with Gasteiger partial charge in [-0.2, -0.15) is 0 Å². The van der Waals surface area contributed by atoms with Crippen molar-refractivity contribution in [3.05, 3.63) is 143 Å². The summed E-state index contributed by atoms with van der Waals surface area (Å²) in [4.78, 5) is 15.9. The van der Waals surface area contributed by atoms with E-state index >= 15 is 0 Å². The molecule has 0 amide bonds. The van der Waals surface area contributed by atoms with Crippen LogP contribution in [-0.2, 0) is 16.8 Å². The van der Waals surface area contributed by atoms with Gasteiger partial charge in [-0.15, -0.1) is 0 Å². The molecule has 0 aromatic heterocycles. The van der Waals surface area contributed by atoms with E-state index in [2.05, 4.69) is 85.6 Å². The Hall–Kier alpha value is -5.03. The number of nitrogens with zero attached hydrogens (tertiary/aromatic N) is 1. The molecular formula is C41H40N2O3. The molecule has 5 aromatic carbocycles. The molecule has 2 heterocycles. The molecule has 1 spiro atoms. The highest BCUT2D eigenvalue weighted by Crippen LogP contribution is 2.57. The summed E-state index contributed by atoms with van der Waals surface area (Å²) >= 11 is 0. The first-order valence-electron chi connectivity index (χ1n) is 16.5. The molecule has 0 radical (unpaired) electrons. The fraction of sp³-hybridized carbons (Fsp3) is 0.244. The molecule has 0 fully saturated rings. The first-order valence-corrected chi connectivity index (χ1v) is 16.5. The molecule has 5 nitrogen and oxygen atoms in total. The normalized spacial score (nSPS) is 15.8. The lowest BCUT2D eigenvalue weighted by Gasteiger charge is -2.38. The van der Waals surface area contributed by atoms with Crippen LogP contribution in [0.3, 0.4) is 0 Å². The van der Waals surface area contributed by atoms with E-state index in [-0.39, 0.29) is 5.97 Å². The minimum Gasteiger partial charge on any atom is -0.456 e. The molecular weight excluding hydrogens is 568 g/mol. The summed E-state index contributed by atoms with van der Waals surface area (Å²) in [6.07, 6.45) is 5.70. The highest BCUT2D eigenvalue weighted by molar-refractivity contribution is 5.97. The van der Waals surface area contributed by atoms with Gasteiger partial charge in [0.2, 0.25) is 0 Å². The Kier molecular flexibility index (Phi) is 8.00. The molecule has 5 aromatic rings. The molecule has 7 rings (SSSR count). The van der Waals surface area contributed by atoms with Crippen molar-refractivity contribution in [2.24, 2.45) is 0 Å². The molecule has 5 heteroatoms. The van der Waals surface area contributed by atoms with Gasteiger partial charge in [0.15, 0.2) is 5.60 Å². The van der Waals surface area contributed by atoms with Gasteiger partial charge in [0, 0.05) is 52.1 Å². The molecule has 0 saturated heterocycles. The molecule has 2 aliphatic rings. The molecule has 0 bridgehead atoms. The van der Waals surface area contributed by atoms with Crippen molar-refractivity contribution in [3.63, 3.8) is 0 Å². The first kappa shape index (κ1) is 29.7. The number of carbonyl (C=O) groups excluding carboxylic acids is 1. The summed E-state index contributed by atoms with van der Waals surface area (Å²) in [5.74, 6) is 1.05. The van der Waals surface area contributed by atoms with Crippen molar-refractivity contribution in [2.75, 3.05) is 16.8 Å². The number of rotatable bonds is 10. The van der Waals surface area contributed by atoms with E-state index in [4.69, 9.17) is 9.47 Å². The Morgan fingerprint density at radius 1 is 0.717 bits per heavy atom. The molecule has 0 saturated carbocycles. The van der Waals surface area contributed by atoms with Crippen LogP contribution in [0.1, 0.15) is 77.7 Å². The highest BCUT2D eigenvalue weighted by atomic mass is 16.6. The Labute approximate surface area is 271 Å². The number of anilines is 4. The topological polar surface area (TPSA) is 50.8 Å². The van der Waals surface area contributed by atoms with Crippen molar-refractivity contribution in [2.45, 2.75) is 58.5 Å². The van der Waals surface area contributed by atoms with Gasteiger partial charge in [0.1, 0.15) is 11.5 Å². The average molecular weight is 609 g/mol. The zero-order chi connectivity index (χ0) is 31.7. The number of unbranched alkanes of at least 4 members (excludes halogenated alkanes) is 3. The van der Waals surface area contributed by atoms with Crippen LogP contribution in [0, 0.1) is 6.92 Å². The number of ether oxygens (including phenoxy) is 2. The number of hydrogen-bond donors (Lipinski definition) is 1. The predicted octanol–water partition coefficient (Wildman–Crippen LogP) is 10.6. The van der Waals surface area contributed by atoms with Gasteiger partial charge in [-0.1, -0.05) is 81.6 Å². The van der Waals surface area contributed by atoms with Gasteiger partial charge in [0.25, 0.3) is 0 Å². The van der Waals surface area contributed by atoms with E-state index in [1.807, 2.05) is 54.6 Å². The van der Waals surface area contributed by atoms with Crippen LogP contribution in [0.4, 0.5) is 22.7 Å².